The van der Waals surface area contributed by atoms with Gasteiger partial charge in [-0.1, -0.05) is 0 Å². The molecule has 3 aliphatic heterocycles. The van der Waals surface area contributed by atoms with Gasteiger partial charge in [-0.25, -0.2) is 15.0 Å². The summed E-state index contributed by atoms with van der Waals surface area (Å²) >= 11 is 0. The van der Waals surface area contributed by atoms with Crippen LogP contribution >= 0.6 is 0 Å². The average Bonchev–Trinajstić information content (AvgIpc) is 3.40. The molecule has 1 saturated heterocycles. The van der Waals surface area contributed by atoms with Crippen molar-refractivity contribution >= 4 is 35.2 Å². The molecule has 194 valence electrons. The Hall–Kier alpha value is -4.30. The van der Waals surface area contributed by atoms with Gasteiger partial charge in [0.1, 0.15) is 11.5 Å². The minimum absolute atomic E-state index is 0.0702. The van der Waals surface area contributed by atoms with E-state index in [-0.39, 0.29) is 18.1 Å². The lowest BCUT2D eigenvalue weighted by molar-refractivity contribution is -0.183. The summed E-state index contributed by atoms with van der Waals surface area (Å²) in [6, 6.07) is 3.63. The molecular formula is C23H26N8O6. The molecule has 1 fully saturated rings. The van der Waals surface area contributed by atoms with Crippen LogP contribution in [0.2, 0.25) is 0 Å². The Morgan fingerprint density at radius 2 is 2.11 bits per heavy atom. The second-order valence-corrected chi connectivity index (χ2v) is 8.32. The van der Waals surface area contributed by atoms with Crippen molar-refractivity contribution in [2.75, 3.05) is 52.2 Å². The van der Waals surface area contributed by atoms with E-state index >= 15 is 0 Å². The number of anilines is 1. The van der Waals surface area contributed by atoms with Crippen molar-refractivity contribution in [3.05, 3.63) is 35.7 Å². The van der Waals surface area contributed by atoms with Gasteiger partial charge >= 0.3 is 0 Å². The fraction of sp³-hybridized carbons (Fsp3) is 0.391. The summed E-state index contributed by atoms with van der Waals surface area (Å²) in [7, 11) is 1.51. The number of ether oxygens (including phenoxy) is 3. The zero-order valence-electron chi connectivity index (χ0n) is 20.1. The summed E-state index contributed by atoms with van der Waals surface area (Å²) in [6.45, 7) is 2.53. The van der Waals surface area contributed by atoms with E-state index in [4.69, 9.17) is 19.9 Å². The van der Waals surface area contributed by atoms with Crippen molar-refractivity contribution in [3.8, 4) is 11.5 Å². The monoisotopic (exact) mass is 510 g/mol. The first kappa shape index (κ1) is 24.4. The van der Waals surface area contributed by atoms with Gasteiger partial charge < -0.3 is 30.0 Å². The number of nitrogens with two attached hydrogens (primary N) is 1. The summed E-state index contributed by atoms with van der Waals surface area (Å²) < 4.78 is 16.5. The zero-order chi connectivity index (χ0) is 25.9. The maximum Gasteiger partial charge on any atom is 0.279 e. The summed E-state index contributed by atoms with van der Waals surface area (Å²) in [6.07, 6.45) is 1.80. The number of aliphatic hydroxyl groups excluding tert-OH is 1. The number of aliphatic imine (C=N–C) groups is 2. The maximum atomic E-state index is 12.8. The number of benzene rings is 1. The van der Waals surface area contributed by atoms with Crippen LogP contribution in [0.4, 0.5) is 11.6 Å². The predicted octanol–water partition coefficient (Wildman–Crippen LogP) is -0.493. The number of morpholine rings is 1. The van der Waals surface area contributed by atoms with Gasteiger partial charge in [0.15, 0.2) is 11.5 Å². The average molecular weight is 511 g/mol. The van der Waals surface area contributed by atoms with Crippen LogP contribution < -0.4 is 20.5 Å². The van der Waals surface area contributed by atoms with Crippen molar-refractivity contribution in [3.63, 3.8) is 0 Å². The summed E-state index contributed by atoms with van der Waals surface area (Å²) in [4.78, 5) is 45.1. The molecule has 1 aromatic carbocycles. The molecule has 0 saturated carbocycles. The van der Waals surface area contributed by atoms with E-state index < -0.39 is 18.1 Å². The quantitative estimate of drug-likeness (QED) is 0.412. The molecule has 0 spiro atoms. The van der Waals surface area contributed by atoms with Gasteiger partial charge in [-0.2, -0.15) is 0 Å². The number of guanidine groups is 1. The van der Waals surface area contributed by atoms with Gasteiger partial charge in [0.2, 0.25) is 18.2 Å². The Morgan fingerprint density at radius 3 is 2.89 bits per heavy atom. The lowest BCUT2D eigenvalue weighted by Gasteiger charge is -2.30. The number of carbonyl (C=O) groups excluding carboxylic acids is 2. The Balaban J connectivity index is 1.33. The number of nitrogens with one attached hydrogen (secondary N) is 1. The molecule has 0 radical (unpaired) electrons. The van der Waals surface area contributed by atoms with Crippen LogP contribution in [-0.4, -0.2) is 101 Å². The Bertz CT molecular complexity index is 1260. The van der Waals surface area contributed by atoms with Crippen molar-refractivity contribution in [2.45, 2.75) is 12.7 Å². The Labute approximate surface area is 211 Å². The third kappa shape index (κ3) is 4.88. The molecule has 1 atom stereocenters. The van der Waals surface area contributed by atoms with Crippen molar-refractivity contribution in [2.24, 2.45) is 9.98 Å². The molecule has 4 N–H and O–H groups in total. The number of hydrogen-bond acceptors (Lipinski definition) is 12. The highest BCUT2D eigenvalue weighted by Gasteiger charge is 2.33. The zero-order valence-corrected chi connectivity index (χ0v) is 20.1. The number of aromatic nitrogens is 2. The molecule has 14 nitrogen and oxygen atoms in total. The fourth-order valence-electron chi connectivity index (χ4n) is 4.20. The second-order valence-electron chi connectivity index (χ2n) is 8.32. The SMILES string of the molecule is COc1c(OCCCN2CCOC(O)C2=O)ccc2c1N=C(NC(=O)c1cnc(N)nc1)N1CCN=C21. The number of amidine groups is 1. The Kier molecular flexibility index (Phi) is 6.83. The third-order valence-electron chi connectivity index (χ3n) is 6.00. The highest BCUT2D eigenvalue weighted by Crippen LogP contribution is 2.43. The number of hydrogen-bond donors (Lipinski definition) is 3. The van der Waals surface area contributed by atoms with E-state index in [1.54, 1.807) is 11.0 Å². The van der Waals surface area contributed by atoms with Crippen LogP contribution in [0.1, 0.15) is 22.3 Å². The van der Waals surface area contributed by atoms with Crippen molar-refractivity contribution in [1.82, 2.24) is 25.1 Å². The molecule has 4 heterocycles. The first-order valence-corrected chi connectivity index (χ1v) is 11.7. The van der Waals surface area contributed by atoms with Crippen molar-refractivity contribution < 1.29 is 28.9 Å². The standard InChI is InChI=1S/C23H26N8O6/c1-35-17-15(36-9-2-6-30-8-10-37-21(34)20(30)33)4-3-14-16(17)28-23(31-7-5-25-18(14)31)29-19(32)13-11-26-22(24)27-12-13/h3-4,11-12,21,34H,2,5-10H2,1H3,(H2,24,26,27)(H,28,29,32). The molecule has 37 heavy (non-hydrogen) atoms. The molecule has 1 aromatic heterocycles. The Morgan fingerprint density at radius 1 is 1.30 bits per heavy atom. The van der Waals surface area contributed by atoms with Crippen LogP contribution in [0.5, 0.6) is 11.5 Å². The highest BCUT2D eigenvalue weighted by molar-refractivity contribution is 6.20. The van der Waals surface area contributed by atoms with E-state index in [1.165, 1.54) is 19.5 Å². The number of methoxy groups -OCH3 is 1. The predicted molar refractivity (Wildman–Crippen MR) is 131 cm³/mol. The number of carbonyl (C=O) groups is 2. The van der Waals surface area contributed by atoms with Crippen molar-refractivity contribution in [1.29, 1.82) is 0 Å². The first-order chi connectivity index (χ1) is 18.0. The number of nitrogens with zero attached hydrogens (tertiary/aromatic N) is 6. The van der Waals surface area contributed by atoms with Crippen LogP contribution in [-0.2, 0) is 9.53 Å². The van der Waals surface area contributed by atoms with Crippen LogP contribution in [0.3, 0.4) is 0 Å². The van der Waals surface area contributed by atoms with Gasteiger partial charge in [-0.15, -0.1) is 0 Å². The molecule has 3 aliphatic rings. The van der Waals surface area contributed by atoms with Gasteiger partial charge in [0, 0.05) is 37.6 Å². The molecule has 0 bridgehead atoms. The second kappa shape index (κ2) is 10.4. The van der Waals surface area contributed by atoms with Crippen LogP contribution in [0, 0.1) is 0 Å². The number of rotatable bonds is 7. The lowest BCUT2D eigenvalue weighted by atomic mass is 10.1. The topological polar surface area (TPSA) is 177 Å². The van der Waals surface area contributed by atoms with E-state index in [2.05, 4.69) is 25.3 Å². The normalized spacial score (nSPS) is 18.5. The number of nitrogen functional groups attached to an aromatic ring is 1. The minimum Gasteiger partial charge on any atom is -0.491 e. The van der Waals surface area contributed by atoms with E-state index in [0.717, 1.165) is 5.56 Å². The molecule has 0 aliphatic carbocycles. The summed E-state index contributed by atoms with van der Waals surface area (Å²) in [5, 5.41) is 12.4. The van der Waals surface area contributed by atoms with E-state index in [9.17, 15) is 14.7 Å². The minimum atomic E-state index is -1.41. The molecule has 2 amide bonds. The van der Waals surface area contributed by atoms with E-state index in [0.29, 0.717) is 68.2 Å². The van der Waals surface area contributed by atoms with Crippen LogP contribution in [0.15, 0.2) is 34.5 Å². The third-order valence-corrected chi connectivity index (χ3v) is 6.00. The molecule has 14 heteroatoms. The number of aliphatic hydroxyl groups is 1. The number of fused-ring (bicyclic) bond motifs is 3. The molecule has 5 rings (SSSR count). The van der Waals surface area contributed by atoms with Gasteiger partial charge in [-0.3, -0.25) is 24.8 Å². The number of amides is 2. The summed E-state index contributed by atoms with van der Waals surface area (Å²) in [5.41, 5.74) is 6.98. The summed E-state index contributed by atoms with van der Waals surface area (Å²) in [5.74, 6) is 1.00. The maximum absolute atomic E-state index is 12.8. The van der Waals surface area contributed by atoms with Gasteiger partial charge in [-0.05, 0) is 18.6 Å². The molecule has 1 unspecified atom stereocenters. The first-order valence-electron chi connectivity index (χ1n) is 11.7. The smallest absolute Gasteiger partial charge is 0.279 e. The highest BCUT2D eigenvalue weighted by atomic mass is 16.6. The van der Waals surface area contributed by atoms with Gasteiger partial charge in [0.05, 0.1) is 32.4 Å². The lowest BCUT2D eigenvalue weighted by Crippen LogP contribution is -2.48. The van der Waals surface area contributed by atoms with Crippen LogP contribution in [0.25, 0.3) is 0 Å². The molecule has 2 aromatic rings. The van der Waals surface area contributed by atoms with Gasteiger partial charge in [0.25, 0.3) is 11.8 Å². The largest absolute Gasteiger partial charge is 0.491 e. The fourth-order valence-corrected chi connectivity index (χ4v) is 4.20. The molecular weight excluding hydrogens is 484 g/mol. The van der Waals surface area contributed by atoms with E-state index in [1.807, 2.05) is 11.0 Å².